The van der Waals surface area contributed by atoms with Gasteiger partial charge in [-0.1, -0.05) is 0 Å². The number of aromatic nitrogens is 3. The van der Waals surface area contributed by atoms with Crippen LogP contribution in [-0.4, -0.2) is 56.4 Å². The van der Waals surface area contributed by atoms with Crippen LogP contribution in [0.25, 0.3) is 0 Å². The molecule has 5 rings (SSSR count). The standard InChI is InChI=1S/C22H31N5OS/c1-15(2)27-11-20(23-14-27)19-10-25(8-17-4-5-17)13-22(19)6-7-26(21(22)28)9-18-12-29-16(3)24-18/h11-12,14-15,17,19H,4-10,13H2,1-3H3/t19-,22+/m0/s1. The van der Waals surface area contributed by atoms with E-state index in [4.69, 9.17) is 4.98 Å². The minimum Gasteiger partial charge on any atom is -0.336 e. The van der Waals surface area contributed by atoms with E-state index in [2.05, 4.69) is 39.9 Å². The largest absolute Gasteiger partial charge is 0.336 e. The van der Waals surface area contributed by atoms with Crippen LogP contribution in [0.4, 0.5) is 0 Å². The fourth-order valence-corrected chi connectivity index (χ4v) is 5.76. The van der Waals surface area contributed by atoms with Crippen LogP contribution in [0.3, 0.4) is 0 Å². The van der Waals surface area contributed by atoms with Crippen molar-refractivity contribution in [2.24, 2.45) is 11.3 Å². The first-order valence-corrected chi connectivity index (χ1v) is 11.8. The number of hydrogen-bond acceptors (Lipinski definition) is 5. The van der Waals surface area contributed by atoms with Gasteiger partial charge in [-0.3, -0.25) is 4.79 Å². The lowest BCUT2D eigenvalue weighted by atomic mass is 9.75. The normalized spacial score (nSPS) is 27.8. The number of imidazole rings is 1. The maximum atomic E-state index is 13.8. The molecule has 2 saturated heterocycles. The maximum Gasteiger partial charge on any atom is 0.231 e. The van der Waals surface area contributed by atoms with Gasteiger partial charge in [0.1, 0.15) is 0 Å². The van der Waals surface area contributed by atoms with Crippen LogP contribution >= 0.6 is 11.3 Å². The number of amides is 1. The summed E-state index contributed by atoms with van der Waals surface area (Å²) in [5.41, 5.74) is 1.79. The number of thiazole rings is 1. The third kappa shape index (κ3) is 3.52. The molecule has 2 aromatic heterocycles. The molecule has 2 aliphatic heterocycles. The average Bonchev–Trinajstić information content (AvgIpc) is 3.04. The van der Waals surface area contributed by atoms with E-state index in [0.717, 1.165) is 54.9 Å². The lowest BCUT2D eigenvalue weighted by Crippen LogP contribution is -2.39. The van der Waals surface area contributed by atoms with E-state index in [1.165, 1.54) is 12.8 Å². The molecule has 1 saturated carbocycles. The summed E-state index contributed by atoms with van der Waals surface area (Å²) < 4.78 is 2.17. The Morgan fingerprint density at radius 2 is 2.17 bits per heavy atom. The average molecular weight is 414 g/mol. The zero-order chi connectivity index (χ0) is 20.2. The highest BCUT2D eigenvalue weighted by atomic mass is 32.1. The number of hydrogen-bond donors (Lipinski definition) is 0. The van der Waals surface area contributed by atoms with Crippen molar-refractivity contribution in [3.05, 3.63) is 34.3 Å². The first-order valence-electron chi connectivity index (χ1n) is 10.9. The molecule has 0 aromatic carbocycles. The molecule has 1 aliphatic carbocycles. The van der Waals surface area contributed by atoms with Crippen LogP contribution in [-0.2, 0) is 11.3 Å². The molecule has 29 heavy (non-hydrogen) atoms. The Bertz CT molecular complexity index is 901. The van der Waals surface area contributed by atoms with Crippen molar-refractivity contribution in [1.82, 2.24) is 24.3 Å². The molecule has 6 nitrogen and oxygen atoms in total. The van der Waals surface area contributed by atoms with Crippen molar-refractivity contribution in [2.75, 3.05) is 26.2 Å². The number of likely N-dealkylation sites (tertiary alicyclic amines) is 2. The van der Waals surface area contributed by atoms with Gasteiger partial charge in [-0.15, -0.1) is 11.3 Å². The van der Waals surface area contributed by atoms with Gasteiger partial charge in [0.15, 0.2) is 0 Å². The highest BCUT2D eigenvalue weighted by Gasteiger charge is 2.58. The van der Waals surface area contributed by atoms with Crippen molar-refractivity contribution in [3.8, 4) is 0 Å². The van der Waals surface area contributed by atoms with E-state index in [0.29, 0.717) is 18.5 Å². The SMILES string of the molecule is Cc1nc(CN2CC[C@]3(CN(CC4CC4)C[C@H]3c3cn(C(C)C)cn3)C2=O)cs1. The summed E-state index contributed by atoms with van der Waals surface area (Å²) >= 11 is 1.66. The topological polar surface area (TPSA) is 54.3 Å². The van der Waals surface area contributed by atoms with E-state index in [-0.39, 0.29) is 11.3 Å². The summed E-state index contributed by atoms with van der Waals surface area (Å²) in [5, 5.41) is 3.15. The van der Waals surface area contributed by atoms with E-state index in [9.17, 15) is 4.79 Å². The van der Waals surface area contributed by atoms with Crippen LogP contribution in [0.1, 0.15) is 61.5 Å². The molecule has 7 heteroatoms. The van der Waals surface area contributed by atoms with Gasteiger partial charge in [0.05, 0.1) is 34.7 Å². The molecule has 3 aliphatic rings. The molecule has 156 valence electrons. The van der Waals surface area contributed by atoms with Crippen molar-refractivity contribution >= 4 is 17.2 Å². The molecule has 1 amide bonds. The minimum atomic E-state index is -0.323. The third-order valence-corrected chi connectivity index (χ3v) is 7.78. The Kier molecular flexibility index (Phi) is 4.78. The quantitative estimate of drug-likeness (QED) is 0.728. The number of carbonyl (C=O) groups excluding carboxylic acids is 1. The molecule has 0 N–H and O–H groups in total. The second-order valence-corrected chi connectivity index (χ2v) is 10.6. The summed E-state index contributed by atoms with van der Waals surface area (Å²) in [7, 11) is 0. The van der Waals surface area contributed by atoms with Gasteiger partial charge in [0, 0.05) is 49.7 Å². The van der Waals surface area contributed by atoms with Gasteiger partial charge in [-0.2, -0.15) is 0 Å². The van der Waals surface area contributed by atoms with Crippen molar-refractivity contribution < 1.29 is 4.79 Å². The fraction of sp³-hybridized carbons (Fsp3) is 0.682. The Labute approximate surface area is 176 Å². The summed E-state index contributed by atoms with van der Waals surface area (Å²) in [6, 6.07) is 0.389. The molecule has 1 spiro atoms. The van der Waals surface area contributed by atoms with Crippen LogP contribution in [0, 0.1) is 18.3 Å². The number of carbonyl (C=O) groups is 1. The monoisotopic (exact) mass is 413 g/mol. The first kappa shape index (κ1) is 19.2. The molecule has 0 unspecified atom stereocenters. The Hall–Kier alpha value is -1.73. The summed E-state index contributed by atoms with van der Waals surface area (Å²) in [6.45, 7) is 10.8. The zero-order valence-corrected chi connectivity index (χ0v) is 18.5. The molecule has 0 radical (unpaired) electrons. The van der Waals surface area contributed by atoms with Crippen LogP contribution in [0.15, 0.2) is 17.9 Å². The Morgan fingerprint density at radius 3 is 2.83 bits per heavy atom. The molecular formula is C22H31N5OS. The van der Waals surface area contributed by atoms with Gasteiger partial charge in [-0.25, -0.2) is 9.97 Å². The second-order valence-electron chi connectivity index (χ2n) is 9.52. The van der Waals surface area contributed by atoms with Gasteiger partial charge in [0.25, 0.3) is 0 Å². The highest BCUT2D eigenvalue weighted by Crippen LogP contribution is 2.50. The number of rotatable bonds is 6. The first-order chi connectivity index (χ1) is 13.9. The Balaban J connectivity index is 1.41. The zero-order valence-electron chi connectivity index (χ0n) is 17.7. The lowest BCUT2D eigenvalue weighted by Gasteiger charge is -2.28. The predicted molar refractivity (Wildman–Crippen MR) is 114 cm³/mol. The van der Waals surface area contributed by atoms with Gasteiger partial charge >= 0.3 is 0 Å². The highest BCUT2D eigenvalue weighted by molar-refractivity contribution is 7.09. The molecule has 0 bridgehead atoms. The molecule has 2 aromatic rings. The van der Waals surface area contributed by atoms with Gasteiger partial charge in [-0.05, 0) is 46.0 Å². The molecule has 2 atom stereocenters. The van der Waals surface area contributed by atoms with Crippen molar-refractivity contribution in [2.45, 2.75) is 58.5 Å². The van der Waals surface area contributed by atoms with Crippen LogP contribution < -0.4 is 0 Å². The minimum absolute atomic E-state index is 0.191. The van der Waals surface area contributed by atoms with Gasteiger partial charge < -0.3 is 14.4 Å². The smallest absolute Gasteiger partial charge is 0.231 e. The molecule has 3 fully saturated rings. The fourth-order valence-electron chi connectivity index (χ4n) is 5.16. The van der Waals surface area contributed by atoms with Crippen molar-refractivity contribution in [1.29, 1.82) is 0 Å². The second kappa shape index (κ2) is 7.20. The maximum absolute atomic E-state index is 13.8. The van der Waals surface area contributed by atoms with Crippen LogP contribution in [0.2, 0.25) is 0 Å². The molecular weight excluding hydrogens is 382 g/mol. The van der Waals surface area contributed by atoms with Crippen molar-refractivity contribution in [3.63, 3.8) is 0 Å². The molecule has 4 heterocycles. The van der Waals surface area contributed by atoms with E-state index in [1.807, 2.05) is 18.2 Å². The third-order valence-electron chi connectivity index (χ3n) is 6.96. The number of aryl methyl sites for hydroxylation is 1. The van der Waals surface area contributed by atoms with E-state index < -0.39 is 0 Å². The van der Waals surface area contributed by atoms with Crippen LogP contribution in [0.5, 0.6) is 0 Å². The van der Waals surface area contributed by atoms with E-state index >= 15 is 0 Å². The predicted octanol–water partition coefficient (Wildman–Crippen LogP) is 3.46. The van der Waals surface area contributed by atoms with Gasteiger partial charge in [0.2, 0.25) is 5.91 Å². The summed E-state index contributed by atoms with van der Waals surface area (Å²) in [4.78, 5) is 27.7. The summed E-state index contributed by atoms with van der Waals surface area (Å²) in [5.74, 6) is 1.34. The Morgan fingerprint density at radius 1 is 1.34 bits per heavy atom. The summed E-state index contributed by atoms with van der Waals surface area (Å²) in [6.07, 6.45) is 7.73. The lowest BCUT2D eigenvalue weighted by molar-refractivity contribution is -0.136. The number of nitrogens with zero attached hydrogens (tertiary/aromatic N) is 5. The van der Waals surface area contributed by atoms with E-state index in [1.54, 1.807) is 11.3 Å².